The Hall–Kier alpha value is -1.30. The van der Waals surface area contributed by atoms with Crippen LogP contribution in [0.1, 0.15) is 18.9 Å². The minimum absolute atomic E-state index is 0.143. The van der Waals surface area contributed by atoms with Crippen molar-refractivity contribution in [3.05, 3.63) is 28.8 Å². The maximum absolute atomic E-state index is 12.6. The van der Waals surface area contributed by atoms with Crippen molar-refractivity contribution in [2.24, 2.45) is 0 Å². The second kappa shape index (κ2) is 8.70. The molecule has 1 fully saturated rings. The molecule has 1 aromatic rings. The van der Waals surface area contributed by atoms with Gasteiger partial charge in [-0.3, -0.25) is 4.79 Å². The predicted molar refractivity (Wildman–Crippen MR) is 97.6 cm³/mol. The lowest BCUT2D eigenvalue weighted by Gasteiger charge is -2.38. The normalized spacial score (nSPS) is 19.3. The van der Waals surface area contributed by atoms with E-state index in [9.17, 15) is 4.79 Å². The Bertz CT molecular complexity index is 567. The first-order valence-electron chi connectivity index (χ1n) is 8.44. The first-order valence-corrected chi connectivity index (χ1v) is 8.82. The summed E-state index contributed by atoms with van der Waals surface area (Å²) in [6.45, 7) is 6.02. The third kappa shape index (κ3) is 5.10. The van der Waals surface area contributed by atoms with Crippen LogP contribution in [0.4, 0.5) is 0 Å². The number of ether oxygens (including phenoxy) is 1. The Balaban J connectivity index is 2.00. The highest BCUT2D eigenvalue weighted by molar-refractivity contribution is 6.30. The van der Waals surface area contributed by atoms with Crippen molar-refractivity contribution >= 4 is 17.5 Å². The summed E-state index contributed by atoms with van der Waals surface area (Å²) in [5, 5.41) is 0.656. The molecule has 1 saturated heterocycles. The molecule has 2 rings (SSSR count). The Labute approximate surface area is 150 Å². The molecule has 0 spiro atoms. The highest BCUT2D eigenvalue weighted by Gasteiger charge is 2.26. The topological polar surface area (TPSA) is 36.0 Å². The molecule has 24 heavy (non-hydrogen) atoms. The van der Waals surface area contributed by atoms with E-state index in [4.69, 9.17) is 16.3 Å². The van der Waals surface area contributed by atoms with E-state index in [1.165, 1.54) is 0 Å². The van der Waals surface area contributed by atoms with Gasteiger partial charge in [0.15, 0.2) is 0 Å². The quantitative estimate of drug-likeness (QED) is 0.786. The SMILES string of the molecule is CCOc1ccc(Cl)cc1CN(C)C(=O)CC1CN(C)CCN1C. The summed E-state index contributed by atoms with van der Waals surface area (Å²) in [6, 6.07) is 5.81. The van der Waals surface area contributed by atoms with Crippen molar-refractivity contribution < 1.29 is 9.53 Å². The van der Waals surface area contributed by atoms with Crippen molar-refractivity contribution in [1.29, 1.82) is 0 Å². The summed E-state index contributed by atoms with van der Waals surface area (Å²) in [5.74, 6) is 0.931. The van der Waals surface area contributed by atoms with E-state index >= 15 is 0 Å². The van der Waals surface area contributed by atoms with Crippen LogP contribution >= 0.6 is 11.6 Å². The third-order valence-electron chi connectivity index (χ3n) is 4.55. The predicted octanol–water partition coefficient (Wildman–Crippen LogP) is 2.33. The number of rotatable bonds is 6. The average molecular weight is 354 g/mol. The molecule has 1 atom stereocenters. The molecule has 1 heterocycles. The minimum atomic E-state index is 0.143. The molecule has 1 unspecified atom stereocenters. The summed E-state index contributed by atoms with van der Waals surface area (Å²) >= 11 is 6.10. The van der Waals surface area contributed by atoms with Crippen LogP contribution < -0.4 is 4.74 Å². The molecule has 6 heteroatoms. The number of carbonyl (C=O) groups excluding carboxylic acids is 1. The van der Waals surface area contributed by atoms with E-state index in [2.05, 4.69) is 23.9 Å². The van der Waals surface area contributed by atoms with Gasteiger partial charge in [-0.1, -0.05) is 11.6 Å². The number of halogens is 1. The molecule has 1 aliphatic rings. The lowest BCUT2D eigenvalue weighted by atomic mass is 10.1. The second-order valence-electron chi connectivity index (χ2n) is 6.54. The summed E-state index contributed by atoms with van der Waals surface area (Å²) in [7, 11) is 6.04. The fourth-order valence-electron chi connectivity index (χ4n) is 2.99. The molecule has 0 bridgehead atoms. The van der Waals surface area contributed by atoms with Gasteiger partial charge in [-0.2, -0.15) is 0 Å². The summed E-state index contributed by atoms with van der Waals surface area (Å²) < 4.78 is 5.64. The van der Waals surface area contributed by atoms with Gasteiger partial charge in [-0.25, -0.2) is 0 Å². The van der Waals surface area contributed by atoms with Crippen molar-refractivity contribution in [1.82, 2.24) is 14.7 Å². The molecular weight excluding hydrogens is 326 g/mol. The summed E-state index contributed by atoms with van der Waals surface area (Å²) in [5.41, 5.74) is 0.939. The standard InChI is InChI=1S/C18H28ClN3O2/c1-5-24-17-7-6-15(19)10-14(17)12-22(4)18(23)11-16-13-20(2)8-9-21(16)3/h6-7,10,16H,5,8-9,11-13H2,1-4H3. The lowest BCUT2D eigenvalue weighted by Crippen LogP contribution is -2.51. The molecule has 0 N–H and O–H groups in total. The molecule has 1 aromatic carbocycles. The van der Waals surface area contributed by atoms with Crippen molar-refractivity contribution in [3.63, 3.8) is 0 Å². The second-order valence-corrected chi connectivity index (χ2v) is 6.97. The van der Waals surface area contributed by atoms with Crippen LogP contribution in [-0.2, 0) is 11.3 Å². The number of nitrogens with zero attached hydrogens (tertiary/aromatic N) is 3. The summed E-state index contributed by atoms with van der Waals surface area (Å²) in [6.07, 6.45) is 0.530. The van der Waals surface area contributed by atoms with Crippen LogP contribution in [0.5, 0.6) is 5.75 Å². The lowest BCUT2D eigenvalue weighted by molar-refractivity contribution is -0.132. The van der Waals surface area contributed by atoms with Crippen LogP contribution in [-0.4, -0.2) is 74.0 Å². The zero-order chi connectivity index (χ0) is 17.7. The fourth-order valence-corrected chi connectivity index (χ4v) is 3.19. The number of benzene rings is 1. The Morgan fingerprint density at radius 3 is 2.83 bits per heavy atom. The first kappa shape index (κ1) is 19.0. The molecular formula is C18H28ClN3O2. The van der Waals surface area contributed by atoms with Crippen LogP contribution in [0.15, 0.2) is 18.2 Å². The molecule has 1 amide bonds. The van der Waals surface area contributed by atoms with Gasteiger partial charge >= 0.3 is 0 Å². The number of carbonyl (C=O) groups is 1. The van der Waals surface area contributed by atoms with Gasteiger partial charge in [-0.05, 0) is 39.2 Å². The van der Waals surface area contributed by atoms with Crippen LogP contribution in [0.3, 0.4) is 0 Å². The highest BCUT2D eigenvalue weighted by atomic mass is 35.5. The maximum Gasteiger partial charge on any atom is 0.224 e. The van der Waals surface area contributed by atoms with Gasteiger partial charge in [0.25, 0.3) is 0 Å². The number of likely N-dealkylation sites (N-methyl/N-ethyl adjacent to an activating group) is 2. The molecule has 0 aliphatic carbocycles. The Kier molecular flexibility index (Phi) is 6.90. The van der Waals surface area contributed by atoms with E-state index in [1.807, 2.05) is 32.2 Å². The minimum Gasteiger partial charge on any atom is -0.494 e. The fraction of sp³-hybridized carbons (Fsp3) is 0.611. The van der Waals surface area contributed by atoms with E-state index in [0.29, 0.717) is 24.6 Å². The number of piperazine rings is 1. The van der Waals surface area contributed by atoms with E-state index < -0.39 is 0 Å². The highest BCUT2D eigenvalue weighted by Crippen LogP contribution is 2.24. The zero-order valence-corrected chi connectivity index (χ0v) is 15.8. The maximum atomic E-state index is 12.6. The van der Waals surface area contributed by atoms with Gasteiger partial charge < -0.3 is 19.4 Å². The summed E-state index contributed by atoms with van der Waals surface area (Å²) in [4.78, 5) is 18.9. The molecule has 0 aromatic heterocycles. The van der Waals surface area contributed by atoms with Gasteiger partial charge in [0.2, 0.25) is 5.91 Å². The molecule has 134 valence electrons. The van der Waals surface area contributed by atoms with Gasteiger partial charge in [-0.15, -0.1) is 0 Å². The number of amides is 1. The molecule has 5 nitrogen and oxygen atoms in total. The monoisotopic (exact) mass is 353 g/mol. The van der Waals surface area contributed by atoms with Gasteiger partial charge in [0, 0.05) is 56.3 Å². The van der Waals surface area contributed by atoms with Crippen molar-refractivity contribution in [2.45, 2.75) is 25.9 Å². The van der Waals surface area contributed by atoms with E-state index in [0.717, 1.165) is 30.9 Å². The van der Waals surface area contributed by atoms with Gasteiger partial charge in [0.05, 0.1) is 6.61 Å². The first-order chi connectivity index (χ1) is 11.4. The van der Waals surface area contributed by atoms with E-state index in [1.54, 1.807) is 4.90 Å². The van der Waals surface area contributed by atoms with Crippen LogP contribution in [0.2, 0.25) is 5.02 Å². The smallest absolute Gasteiger partial charge is 0.224 e. The largest absolute Gasteiger partial charge is 0.494 e. The number of hydrogen-bond donors (Lipinski definition) is 0. The van der Waals surface area contributed by atoms with Crippen molar-refractivity contribution in [2.75, 3.05) is 47.4 Å². The van der Waals surface area contributed by atoms with Crippen LogP contribution in [0, 0.1) is 0 Å². The molecule has 1 aliphatic heterocycles. The van der Waals surface area contributed by atoms with Crippen LogP contribution in [0.25, 0.3) is 0 Å². The van der Waals surface area contributed by atoms with Gasteiger partial charge in [0.1, 0.15) is 5.75 Å². The number of hydrogen-bond acceptors (Lipinski definition) is 4. The molecule has 0 radical (unpaired) electrons. The van der Waals surface area contributed by atoms with E-state index in [-0.39, 0.29) is 11.9 Å². The Morgan fingerprint density at radius 2 is 2.12 bits per heavy atom. The molecule has 0 saturated carbocycles. The zero-order valence-electron chi connectivity index (χ0n) is 15.1. The van der Waals surface area contributed by atoms with Crippen molar-refractivity contribution in [3.8, 4) is 5.75 Å². The Morgan fingerprint density at radius 1 is 1.38 bits per heavy atom. The third-order valence-corrected chi connectivity index (χ3v) is 4.78. The average Bonchev–Trinajstić information content (AvgIpc) is 2.53.